The lowest BCUT2D eigenvalue weighted by atomic mass is 10.1. The van der Waals surface area contributed by atoms with Gasteiger partial charge in [-0.05, 0) is 37.5 Å². The van der Waals surface area contributed by atoms with Crippen LogP contribution < -0.4 is 5.69 Å². The maximum absolute atomic E-state index is 12.1. The smallest absolute Gasteiger partial charge is 0.332 e. The Morgan fingerprint density at radius 3 is 2.70 bits per heavy atom. The van der Waals surface area contributed by atoms with Gasteiger partial charge in [0, 0.05) is 25.4 Å². The van der Waals surface area contributed by atoms with Crippen molar-refractivity contribution in [2.75, 3.05) is 0 Å². The Labute approximate surface area is 117 Å². The van der Waals surface area contributed by atoms with E-state index in [0.717, 1.165) is 16.9 Å². The van der Waals surface area contributed by atoms with Crippen LogP contribution in [-0.4, -0.2) is 20.2 Å². The summed E-state index contributed by atoms with van der Waals surface area (Å²) in [6.45, 7) is 1.89. The van der Waals surface area contributed by atoms with E-state index in [1.54, 1.807) is 22.4 Å². The van der Waals surface area contributed by atoms with Gasteiger partial charge in [0.25, 0.3) is 0 Å². The first kappa shape index (κ1) is 14.1. The van der Waals surface area contributed by atoms with Gasteiger partial charge in [0.2, 0.25) is 0 Å². The summed E-state index contributed by atoms with van der Waals surface area (Å²) in [4.78, 5) is 22.6. The van der Waals surface area contributed by atoms with Crippen LogP contribution in [0.3, 0.4) is 0 Å². The fourth-order valence-electron chi connectivity index (χ4n) is 2.31. The molecule has 0 aliphatic carbocycles. The molecular weight excluding hydrogens is 256 g/mol. The van der Waals surface area contributed by atoms with Crippen molar-refractivity contribution in [2.24, 2.45) is 7.05 Å². The Morgan fingerprint density at radius 1 is 1.35 bits per heavy atom. The van der Waals surface area contributed by atoms with Crippen molar-refractivity contribution < 1.29 is 9.90 Å². The quantitative estimate of drug-likeness (QED) is 0.905. The molecule has 1 aromatic heterocycles. The second-order valence-corrected chi connectivity index (χ2v) is 4.92. The highest BCUT2D eigenvalue weighted by molar-refractivity contribution is 5.66. The van der Waals surface area contributed by atoms with Crippen LogP contribution >= 0.6 is 0 Å². The van der Waals surface area contributed by atoms with Gasteiger partial charge in [0.1, 0.15) is 0 Å². The van der Waals surface area contributed by atoms with E-state index >= 15 is 0 Å². The number of imidazole rings is 1. The van der Waals surface area contributed by atoms with Gasteiger partial charge in [-0.1, -0.05) is 12.1 Å². The lowest BCUT2D eigenvalue weighted by Gasteiger charge is -2.07. The van der Waals surface area contributed by atoms with Crippen LogP contribution in [0.1, 0.15) is 24.1 Å². The molecule has 106 valence electrons. The zero-order chi connectivity index (χ0) is 14.7. The number of benzene rings is 1. The molecule has 0 aliphatic rings. The minimum Gasteiger partial charge on any atom is -0.481 e. The molecule has 0 aliphatic heterocycles. The van der Waals surface area contributed by atoms with Gasteiger partial charge in [-0.25, -0.2) is 4.79 Å². The summed E-state index contributed by atoms with van der Waals surface area (Å²) in [6.07, 6.45) is 3.25. The second kappa shape index (κ2) is 5.77. The molecule has 1 aromatic carbocycles. The SMILES string of the molecule is Cc1cn(C)c(=O)n1-c1cccc(CCCC(=O)O)c1. The molecule has 0 atom stereocenters. The van der Waals surface area contributed by atoms with Crippen molar-refractivity contribution in [3.8, 4) is 5.69 Å². The summed E-state index contributed by atoms with van der Waals surface area (Å²) in [6, 6.07) is 7.67. The molecule has 0 spiro atoms. The Balaban J connectivity index is 2.25. The summed E-state index contributed by atoms with van der Waals surface area (Å²) >= 11 is 0. The molecule has 0 unspecified atom stereocenters. The lowest BCUT2D eigenvalue weighted by Crippen LogP contribution is -2.21. The molecule has 0 saturated heterocycles. The fraction of sp³-hybridized carbons (Fsp3) is 0.333. The molecule has 0 amide bonds. The highest BCUT2D eigenvalue weighted by Gasteiger charge is 2.08. The molecule has 5 nitrogen and oxygen atoms in total. The predicted octanol–water partition coefficient (Wildman–Crippen LogP) is 1.89. The van der Waals surface area contributed by atoms with E-state index in [0.29, 0.717) is 12.8 Å². The number of aromatic nitrogens is 2. The fourth-order valence-corrected chi connectivity index (χ4v) is 2.31. The average Bonchev–Trinajstić information content (AvgIpc) is 2.63. The van der Waals surface area contributed by atoms with Gasteiger partial charge in [0.05, 0.1) is 5.69 Å². The largest absolute Gasteiger partial charge is 0.481 e. The van der Waals surface area contributed by atoms with E-state index in [1.165, 1.54) is 0 Å². The first-order valence-corrected chi connectivity index (χ1v) is 6.55. The van der Waals surface area contributed by atoms with Crippen molar-refractivity contribution >= 4 is 5.97 Å². The van der Waals surface area contributed by atoms with E-state index in [2.05, 4.69) is 0 Å². The summed E-state index contributed by atoms with van der Waals surface area (Å²) < 4.78 is 3.20. The van der Waals surface area contributed by atoms with Gasteiger partial charge in [-0.15, -0.1) is 0 Å². The van der Waals surface area contributed by atoms with Crippen LogP contribution in [0.5, 0.6) is 0 Å². The van der Waals surface area contributed by atoms with Gasteiger partial charge in [0.15, 0.2) is 0 Å². The predicted molar refractivity (Wildman–Crippen MR) is 76.3 cm³/mol. The van der Waals surface area contributed by atoms with E-state index in [9.17, 15) is 9.59 Å². The molecule has 2 aromatic rings. The monoisotopic (exact) mass is 274 g/mol. The molecule has 5 heteroatoms. The number of hydrogen-bond donors (Lipinski definition) is 1. The van der Waals surface area contributed by atoms with E-state index in [-0.39, 0.29) is 12.1 Å². The first-order chi connectivity index (χ1) is 9.49. The number of aryl methyl sites for hydroxylation is 3. The standard InChI is InChI=1S/C15H18N2O3/c1-11-10-16(2)15(20)17(11)13-7-3-5-12(9-13)6-4-8-14(18)19/h3,5,7,9-10H,4,6,8H2,1-2H3,(H,18,19). The molecule has 0 radical (unpaired) electrons. The minimum absolute atomic E-state index is 0.0785. The van der Waals surface area contributed by atoms with Crippen molar-refractivity contribution in [3.63, 3.8) is 0 Å². The zero-order valence-corrected chi connectivity index (χ0v) is 11.7. The maximum Gasteiger partial charge on any atom is 0.332 e. The molecule has 0 fully saturated rings. The molecular formula is C15H18N2O3. The van der Waals surface area contributed by atoms with Crippen LogP contribution in [0.4, 0.5) is 0 Å². The summed E-state index contributed by atoms with van der Waals surface area (Å²) in [7, 11) is 1.72. The maximum atomic E-state index is 12.1. The Hall–Kier alpha value is -2.30. The molecule has 0 bridgehead atoms. The van der Waals surface area contributed by atoms with Crippen LogP contribution in [0, 0.1) is 6.92 Å². The van der Waals surface area contributed by atoms with Crippen molar-refractivity contribution in [2.45, 2.75) is 26.2 Å². The summed E-state index contributed by atoms with van der Waals surface area (Å²) in [5.74, 6) is -0.781. The summed E-state index contributed by atoms with van der Waals surface area (Å²) in [5, 5.41) is 8.65. The molecule has 0 saturated carbocycles. The average molecular weight is 274 g/mol. The zero-order valence-electron chi connectivity index (χ0n) is 11.7. The van der Waals surface area contributed by atoms with Gasteiger partial charge >= 0.3 is 11.7 Å². The number of carboxylic acid groups (broad SMARTS) is 1. The molecule has 1 N–H and O–H groups in total. The molecule has 1 heterocycles. The van der Waals surface area contributed by atoms with Crippen LogP contribution in [0.2, 0.25) is 0 Å². The van der Waals surface area contributed by atoms with Crippen molar-refractivity contribution in [3.05, 3.63) is 52.2 Å². The van der Waals surface area contributed by atoms with E-state index in [4.69, 9.17) is 5.11 Å². The van der Waals surface area contributed by atoms with Gasteiger partial charge < -0.3 is 9.67 Å². The Bertz CT molecular complexity index is 683. The lowest BCUT2D eigenvalue weighted by molar-refractivity contribution is -0.137. The second-order valence-electron chi connectivity index (χ2n) is 4.92. The van der Waals surface area contributed by atoms with Crippen LogP contribution in [0.25, 0.3) is 5.69 Å². The number of carboxylic acids is 1. The highest BCUT2D eigenvalue weighted by Crippen LogP contribution is 2.13. The molecule has 2 rings (SSSR count). The third-order valence-corrected chi connectivity index (χ3v) is 3.25. The highest BCUT2D eigenvalue weighted by atomic mass is 16.4. The van der Waals surface area contributed by atoms with Crippen molar-refractivity contribution in [1.29, 1.82) is 0 Å². The van der Waals surface area contributed by atoms with Gasteiger partial charge in [-0.2, -0.15) is 0 Å². The molecule has 20 heavy (non-hydrogen) atoms. The number of rotatable bonds is 5. The van der Waals surface area contributed by atoms with Crippen LogP contribution in [0.15, 0.2) is 35.3 Å². The number of aliphatic carboxylic acids is 1. The van der Waals surface area contributed by atoms with Crippen molar-refractivity contribution in [1.82, 2.24) is 9.13 Å². The number of carbonyl (C=O) groups is 1. The third kappa shape index (κ3) is 2.99. The normalized spacial score (nSPS) is 10.7. The third-order valence-electron chi connectivity index (χ3n) is 3.25. The topological polar surface area (TPSA) is 64.2 Å². The Kier molecular flexibility index (Phi) is 4.08. The van der Waals surface area contributed by atoms with Crippen LogP contribution in [-0.2, 0) is 18.3 Å². The summed E-state index contributed by atoms with van der Waals surface area (Å²) in [5.41, 5.74) is 2.66. The number of nitrogens with zero attached hydrogens (tertiary/aromatic N) is 2. The first-order valence-electron chi connectivity index (χ1n) is 6.55. The van der Waals surface area contributed by atoms with Gasteiger partial charge in [-0.3, -0.25) is 9.36 Å². The minimum atomic E-state index is -0.781. The number of hydrogen-bond acceptors (Lipinski definition) is 2. The van der Waals surface area contributed by atoms with E-state index in [1.807, 2.05) is 31.2 Å². The van der Waals surface area contributed by atoms with E-state index < -0.39 is 5.97 Å². The Morgan fingerprint density at radius 2 is 2.10 bits per heavy atom.